The van der Waals surface area contributed by atoms with E-state index in [1.807, 2.05) is 31.6 Å². The number of hydrogen-bond donors (Lipinski definition) is 1. The van der Waals surface area contributed by atoms with Gasteiger partial charge in [-0.15, -0.1) is 11.3 Å². The van der Waals surface area contributed by atoms with Crippen LogP contribution in [0.5, 0.6) is 0 Å². The lowest BCUT2D eigenvalue weighted by molar-refractivity contribution is -0.132. The Morgan fingerprint density at radius 3 is 2.43 bits per heavy atom. The van der Waals surface area contributed by atoms with Crippen LogP contribution in [0, 0.1) is 23.0 Å². The molecule has 2 amide bonds. The molecule has 0 aliphatic rings. The molecule has 0 bridgehead atoms. The quantitative estimate of drug-likeness (QED) is 0.248. The Labute approximate surface area is 258 Å². The minimum Gasteiger partial charge on any atom is -0.315 e. The summed E-state index contributed by atoms with van der Waals surface area (Å²) in [5.41, 5.74) is -2.41. The van der Waals surface area contributed by atoms with Crippen molar-refractivity contribution in [3.8, 4) is 6.07 Å². The molecule has 1 atom stereocenters. The molecule has 14 heteroatoms. The number of hydrogen-bond acceptors (Lipinski definition) is 8. The molecule has 4 rings (SSSR count). The second-order valence-electron chi connectivity index (χ2n) is 11.0. The molecule has 2 aromatic heterocycles. The summed E-state index contributed by atoms with van der Waals surface area (Å²) in [7, 11) is -4.79. The summed E-state index contributed by atoms with van der Waals surface area (Å²) in [6.45, 7) is 4.77. The van der Waals surface area contributed by atoms with Gasteiger partial charge in [0.25, 0.3) is 21.8 Å². The third-order valence-electron chi connectivity index (χ3n) is 6.97. The molecule has 230 valence electrons. The van der Waals surface area contributed by atoms with E-state index >= 15 is 4.39 Å². The minimum atomic E-state index is -4.79. The van der Waals surface area contributed by atoms with E-state index in [2.05, 4.69) is 10.1 Å². The van der Waals surface area contributed by atoms with Gasteiger partial charge in [0.15, 0.2) is 0 Å². The second kappa shape index (κ2) is 13.0. The number of amides is 2. The fourth-order valence-electron chi connectivity index (χ4n) is 4.76. The molecular weight excluding hydrogens is 610 g/mol. The van der Waals surface area contributed by atoms with E-state index in [0.717, 1.165) is 23.1 Å². The SMILES string of the molecule is CC(C)(C)c1ccc(C(=O)N(Cc2nccs2)C(CCC#N)(Cn2cccn2)C(=O)NS(=O)(=O)c2ccccc2F)cc1F. The van der Waals surface area contributed by atoms with Crippen molar-refractivity contribution >= 4 is 33.2 Å². The molecule has 0 saturated carbocycles. The van der Waals surface area contributed by atoms with Crippen LogP contribution in [0.2, 0.25) is 0 Å². The Kier molecular flexibility index (Phi) is 9.60. The number of nitriles is 1. The van der Waals surface area contributed by atoms with Crippen molar-refractivity contribution in [2.24, 2.45) is 0 Å². The largest absolute Gasteiger partial charge is 0.315 e. The van der Waals surface area contributed by atoms with E-state index in [4.69, 9.17) is 0 Å². The molecule has 0 spiro atoms. The fourth-order valence-corrected chi connectivity index (χ4v) is 6.49. The first kappa shape index (κ1) is 32.4. The van der Waals surface area contributed by atoms with Gasteiger partial charge in [0, 0.05) is 36.0 Å². The topological polar surface area (TPSA) is 138 Å². The number of aromatic nitrogens is 3. The monoisotopic (exact) mass is 640 g/mol. The first-order chi connectivity index (χ1) is 20.8. The Balaban J connectivity index is 1.91. The van der Waals surface area contributed by atoms with Gasteiger partial charge >= 0.3 is 0 Å². The lowest BCUT2D eigenvalue weighted by atomic mass is 9.85. The van der Waals surface area contributed by atoms with Crippen LogP contribution in [0.25, 0.3) is 0 Å². The number of sulfonamides is 1. The average molecular weight is 641 g/mol. The second-order valence-corrected chi connectivity index (χ2v) is 13.7. The van der Waals surface area contributed by atoms with Crippen LogP contribution < -0.4 is 4.72 Å². The Morgan fingerprint density at radius 2 is 1.84 bits per heavy atom. The highest BCUT2D eigenvalue weighted by molar-refractivity contribution is 7.90. The normalized spacial score (nSPS) is 13.1. The van der Waals surface area contributed by atoms with Crippen LogP contribution in [0.3, 0.4) is 0 Å². The van der Waals surface area contributed by atoms with E-state index in [1.54, 1.807) is 11.4 Å². The van der Waals surface area contributed by atoms with E-state index in [-0.39, 0.29) is 31.5 Å². The number of carbonyl (C=O) groups excluding carboxylic acids is 2. The van der Waals surface area contributed by atoms with E-state index in [0.29, 0.717) is 10.6 Å². The first-order valence-electron chi connectivity index (χ1n) is 13.4. The zero-order valence-electron chi connectivity index (χ0n) is 24.2. The zero-order valence-corrected chi connectivity index (χ0v) is 25.8. The predicted molar refractivity (Wildman–Crippen MR) is 159 cm³/mol. The molecule has 4 aromatic rings. The maximum absolute atomic E-state index is 15.3. The van der Waals surface area contributed by atoms with Crippen molar-refractivity contribution in [1.82, 2.24) is 24.4 Å². The Bertz CT molecular complexity index is 1780. The van der Waals surface area contributed by atoms with Crippen LogP contribution in [0.1, 0.15) is 54.5 Å². The molecule has 0 aliphatic heterocycles. The maximum Gasteiger partial charge on any atom is 0.267 e. The number of carbonyl (C=O) groups is 2. The first-order valence-corrected chi connectivity index (χ1v) is 15.8. The van der Waals surface area contributed by atoms with E-state index in [9.17, 15) is 27.7 Å². The summed E-state index contributed by atoms with van der Waals surface area (Å²) in [5.74, 6) is -3.75. The van der Waals surface area contributed by atoms with E-state index in [1.165, 1.54) is 58.9 Å². The van der Waals surface area contributed by atoms with Gasteiger partial charge in [-0.2, -0.15) is 10.4 Å². The standard InChI is InChI=1S/C30H30F2N6O4S2/c1-29(2,3)22-11-10-21(18-24(22)32)27(39)38(19-26-34-15-17-43-26)30(12-6-13-33,20-37-16-7-14-35-37)28(40)36-44(41,42)25-9-5-4-8-23(25)31/h4-5,7-11,14-18H,6,12,19-20H2,1-3H3,(H,36,40). The smallest absolute Gasteiger partial charge is 0.267 e. The van der Waals surface area contributed by atoms with Gasteiger partial charge in [-0.25, -0.2) is 26.9 Å². The van der Waals surface area contributed by atoms with Crippen molar-refractivity contribution in [3.63, 3.8) is 0 Å². The number of benzene rings is 2. The maximum atomic E-state index is 15.3. The highest BCUT2D eigenvalue weighted by Crippen LogP contribution is 2.32. The Hall–Kier alpha value is -4.48. The van der Waals surface area contributed by atoms with Crippen molar-refractivity contribution in [1.29, 1.82) is 5.26 Å². The van der Waals surface area contributed by atoms with Gasteiger partial charge in [0.2, 0.25) is 0 Å². The van der Waals surface area contributed by atoms with Gasteiger partial charge in [-0.05, 0) is 47.7 Å². The molecule has 0 aliphatic carbocycles. The fraction of sp³-hybridized carbons (Fsp3) is 0.300. The van der Waals surface area contributed by atoms with Crippen molar-refractivity contribution in [3.05, 3.63) is 100 Å². The molecule has 2 aromatic carbocycles. The molecule has 44 heavy (non-hydrogen) atoms. The average Bonchev–Trinajstić information content (AvgIpc) is 3.67. The van der Waals surface area contributed by atoms with Crippen LogP contribution in [-0.2, 0) is 33.3 Å². The number of halogens is 2. The van der Waals surface area contributed by atoms with Crippen molar-refractivity contribution in [2.45, 2.75) is 62.6 Å². The highest BCUT2D eigenvalue weighted by Gasteiger charge is 2.49. The number of nitrogens with zero attached hydrogens (tertiary/aromatic N) is 5. The number of thiazole rings is 1. The molecule has 10 nitrogen and oxygen atoms in total. The summed E-state index contributed by atoms with van der Waals surface area (Å²) in [5, 5.41) is 15.8. The summed E-state index contributed by atoms with van der Waals surface area (Å²) in [4.78, 5) is 33.2. The summed E-state index contributed by atoms with van der Waals surface area (Å²) < 4.78 is 59.8. The van der Waals surface area contributed by atoms with Gasteiger partial charge < -0.3 is 4.90 Å². The van der Waals surface area contributed by atoms with E-state index < -0.39 is 49.3 Å². The lowest BCUT2D eigenvalue weighted by Crippen LogP contribution is -2.63. The van der Waals surface area contributed by atoms with Gasteiger partial charge in [0.1, 0.15) is 27.1 Å². The summed E-state index contributed by atoms with van der Waals surface area (Å²) >= 11 is 1.18. The molecular formula is C30H30F2N6O4S2. The van der Waals surface area contributed by atoms with Crippen molar-refractivity contribution < 1.29 is 26.8 Å². The van der Waals surface area contributed by atoms with Crippen LogP contribution in [-0.4, -0.2) is 45.4 Å². The van der Waals surface area contributed by atoms with Gasteiger partial charge in [0.05, 0.1) is 19.2 Å². The summed E-state index contributed by atoms with van der Waals surface area (Å²) in [6.07, 6.45) is 3.79. The molecule has 1 N–H and O–H groups in total. The summed E-state index contributed by atoms with van der Waals surface area (Å²) in [6, 6.07) is 12.0. The Morgan fingerprint density at radius 1 is 1.09 bits per heavy atom. The minimum absolute atomic E-state index is 0.112. The molecule has 0 saturated heterocycles. The predicted octanol–water partition coefficient (Wildman–Crippen LogP) is 4.81. The molecule has 0 radical (unpaired) electrons. The van der Waals surface area contributed by atoms with Crippen LogP contribution in [0.4, 0.5) is 8.78 Å². The molecule has 2 heterocycles. The zero-order chi connectivity index (χ0) is 32.1. The van der Waals surface area contributed by atoms with Crippen LogP contribution in [0.15, 0.2) is 77.4 Å². The van der Waals surface area contributed by atoms with Crippen LogP contribution >= 0.6 is 11.3 Å². The third-order valence-corrected chi connectivity index (χ3v) is 9.10. The number of rotatable bonds is 11. The third kappa shape index (κ3) is 7.00. The molecule has 0 fully saturated rings. The lowest BCUT2D eigenvalue weighted by Gasteiger charge is -2.42. The van der Waals surface area contributed by atoms with Crippen molar-refractivity contribution in [2.75, 3.05) is 0 Å². The van der Waals surface area contributed by atoms with Gasteiger partial charge in [-0.1, -0.05) is 39.0 Å². The molecule has 1 unspecified atom stereocenters. The number of nitrogens with one attached hydrogen (secondary N) is 1. The van der Waals surface area contributed by atoms with Gasteiger partial charge in [-0.3, -0.25) is 14.3 Å². The highest BCUT2D eigenvalue weighted by atomic mass is 32.2.